The molecule has 2 fully saturated rings. The van der Waals surface area contributed by atoms with E-state index in [1.807, 2.05) is 30.3 Å². The fourth-order valence-corrected chi connectivity index (χ4v) is 2.97. The van der Waals surface area contributed by atoms with Crippen molar-refractivity contribution in [1.29, 1.82) is 0 Å². The van der Waals surface area contributed by atoms with E-state index < -0.39 is 42.5 Å². The molecule has 2 saturated heterocycles. The molecular formula is C17H22O7. The maximum Gasteiger partial charge on any atom is 0.337 e. The summed E-state index contributed by atoms with van der Waals surface area (Å²) in [6, 6.07) is 9.58. The van der Waals surface area contributed by atoms with Gasteiger partial charge >= 0.3 is 5.97 Å². The maximum absolute atomic E-state index is 11.7. The van der Waals surface area contributed by atoms with Gasteiger partial charge < -0.3 is 28.8 Å². The molecule has 0 spiro atoms. The SMILES string of the molecule is COC(=O)C(O)[C@H]1O[C@@H]2OC(C)(C)O[C@H]2C1OCc1ccccc1. The standard InChI is InChI=1S/C17H22O7/c1-17(2)23-14-13(21-9-10-7-5-4-6-8-10)12(22-16(14)24-17)11(18)15(19)20-3/h4-8,11-14,16,18H,9H2,1-3H3/t11?,12-,13?,14+,16-/m1/s1. The predicted octanol–water partition coefficient (Wildman–Crippen LogP) is 0.982. The number of hydrogen-bond acceptors (Lipinski definition) is 7. The number of methoxy groups -OCH3 is 1. The van der Waals surface area contributed by atoms with Gasteiger partial charge in [0.05, 0.1) is 13.7 Å². The highest BCUT2D eigenvalue weighted by Gasteiger charge is 2.58. The predicted molar refractivity (Wildman–Crippen MR) is 81.7 cm³/mol. The minimum Gasteiger partial charge on any atom is -0.467 e. The Morgan fingerprint density at radius 1 is 1.29 bits per heavy atom. The third kappa shape index (κ3) is 3.45. The Hall–Kier alpha value is -1.51. The lowest BCUT2D eigenvalue weighted by molar-refractivity contribution is -0.231. The summed E-state index contributed by atoms with van der Waals surface area (Å²) in [6.45, 7) is 3.84. The van der Waals surface area contributed by atoms with Crippen LogP contribution in [0, 0.1) is 0 Å². The van der Waals surface area contributed by atoms with Crippen LogP contribution in [0.15, 0.2) is 30.3 Å². The summed E-state index contributed by atoms with van der Waals surface area (Å²) in [4.78, 5) is 11.7. The van der Waals surface area contributed by atoms with Crippen LogP contribution in [0.1, 0.15) is 19.4 Å². The Morgan fingerprint density at radius 3 is 2.67 bits per heavy atom. The number of carbonyl (C=O) groups is 1. The van der Waals surface area contributed by atoms with Crippen molar-refractivity contribution >= 4 is 5.97 Å². The van der Waals surface area contributed by atoms with Crippen molar-refractivity contribution in [2.75, 3.05) is 7.11 Å². The highest BCUT2D eigenvalue weighted by molar-refractivity contribution is 5.75. The zero-order chi connectivity index (χ0) is 17.3. The fraction of sp³-hybridized carbons (Fsp3) is 0.588. The van der Waals surface area contributed by atoms with Crippen molar-refractivity contribution in [3.05, 3.63) is 35.9 Å². The lowest BCUT2D eigenvalue weighted by Gasteiger charge is -2.27. The lowest BCUT2D eigenvalue weighted by Crippen LogP contribution is -2.46. The first-order valence-electron chi connectivity index (χ1n) is 7.84. The van der Waals surface area contributed by atoms with Crippen molar-refractivity contribution < 1.29 is 33.6 Å². The second-order valence-electron chi connectivity index (χ2n) is 6.30. The van der Waals surface area contributed by atoms with Gasteiger partial charge in [0, 0.05) is 0 Å². The van der Waals surface area contributed by atoms with Crippen LogP contribution in [-0.2, 0) is 35.1 Å². The van der Waals surface area contributed by atoms with Crippen LogP contribution in [0.5, 0.6) is 0 Å². The van der Waals surface area contributed by atoms with E-state index in [0.717, 1.165) is 5.56 Å². The van der Waals surface area contributed by atoms with Crippen LogP contribution in [0.2, 0.25) is 0 Å². The summed E-state index contributed by atoms with van der Waals surface area (Å²) < 4.78 is 27.7. The van der Waals surface area contributed by atoms with Gasteiger partial charge in [0.1, 0.15) is 18.3 Å². The first-order valence-corrected chi connectivity index (χ1v) is 7.84. The minimum absolute atomic E-state index is 0.298. The van der Waals surface area contributed by atoms with Crippen LogP contribution in [0.3, 0.4) is 0 Å². The Balaban J connectivity index is 1.75. The summed E-state index contributed by atoms with van der Waals surface area (Å²) >= 11 is 0. The summed E-state index contributed by atoms with van der Waals surface area (Å²) in [5.41, 5.74) is 0.963. The minimum atomic E-state index is -1.48. The van der Waals surface area contributed by atoms with Gasteiger partial charge in [0.2, 0.25) is 0 Å². The van der Waals surface area contributed by atoms with Crippen molar-refractivity contribution in [3.8, 4) is 0 Å². The van der Waals surface area contributed by atoms with Crippen LogP contribution in [0.4, 0.5) is 0 Å². The van der Waals surface area contributed by atoms with E-state index in [9.17, 15) is 9.90 Å². The molecule has 2 heterocycles. The van der Waals surface area contributed by atoms with E-state index in [0.29, 0.717) is 6.61 Å². The molecular weight excluding hydrogens is 316 g/mol. The average molecular weight is 338 g/mol. The van der Waals surface area contributed by atoms with Crippen molar-refractivity contribution in [1.82, 2.24) is 0 Å². The van der Waals surface area contributed by atoms with Gasteiger partial charge in [-0.3, -0.25) is 0 Å². The third-order valence-electron chi connectivity index (χ3n) is 4.07. The molecule has 0 aliphatic carbocycles. The quantitative estimate of drug-likeness (QED) is 0.801. The second-order valence-corrected chi connectivity index (χ2v) is 6.30. The summed E-state index contributed by atoms with van der Waals surface area (Å²) in [5.74, 6) is -1.60. The van der Waals surface area contributed by atoms with Gasteiger partial charge in [-0.15, -0.1) is 0 Å². The topological polar surface area (TPSA) is 83.5 Å². The van der Waals surface area contributed by atoms with Gasteiger partial charge in [-0.2, -0.15) is 0 Å². The molecule has 0 aromatic heterocycles. The molecule has 0 saturated carbocycles. The number of aliphatic hydroxyl groups is 1. The van der Waals surface area contributed by atoms with E-state index in [1.165, 1.54) is 7.11 Å². The third-order valence-corrected chi connectivity index (χ3v) is 4.07. The zero-order valence-electron chi connectivity index (χ0n) is 13.9. The smallest absolute Gasteiger partial charge is 0.337 e. The van der Waals surface area contributed by atoms with Gasteiger partial charge in [-0.1, -0.05) is 30.3 Å². The van der Waals surface area contributed by atoms with Crippen LogP contribution < -0.4 is 0 Å². The highest BCUT2D eigenvalue weighted by atomic mass is 16.8. The molecule has 1 aromatic rings. The molecule has 5 atom stereocenters. The number of esters is 1. The number of hydrogen-bond donors (Lipinski definition) is 1. The summed E-state index contributed by atoms with van der Waals surface area (Å²) in [6.07, 6.45) is -4.30. The average Bonchev–Trinajstić information content (AvgIpc) is 3.04. The molecule has 0 bridgehead atoms. The molecule has 132 valence electrons. The van der Waals surface area contributed by atoms with Gasteiger partial charge in [-0.25, -0.2) is 4.79 Å². The largest absolute Gasteiger partial charge is 0.467 e. The molecule has 0 radical (unpaired) electrons. The first-order chi connectivity index (χ1) is 11.4. The molecule has 1 aromatic carbocycles. The Kier molecular flexibility index (Phi) is 4.89. The lowest BCUT2D eigenvalue weighted by atomic mass is 10.1. The molecule has 7 heteroatoms. The molecule has 2 aliphatic heterocycles. The molecule has 24 heavy (non-hydrogen) atoms. The van der Waals surface area contributed by atoms with Gasteiger partial charge in [-0.05, 0) is 19.4 Å². The number of fused-ring (bicyclic) bond motifs is 1. The number of ether oxygens (including phenoxy) is 5. The fourth-order valence-electron chi connectivity index (χ4n) is 2.97. The van der Waals surface area contributed by atoms with Crippen LogP contribution in [0.25, 0.3) is 0 Å². The van der Waals surface area contributed by atoms with Gasteiger partial charge in [0.25, 0.3) is 0 Å². The molecule has 3 rings (SSSR count). The molecule has 0 amide bonds. The summed E-state index contributed by atoms with van der Waals surface area (Å²) in [7, 11) is 1.21. The number of rotatable bonds is 5. The van der Waals surface area contributed by atoms with E-state index >= 15 is 0 Å². The zero-order valence-corrected chi connectivity index (χ0v) is 13.9. The maximum atomic E-state index is 11.7. The second kappa shape index (κ2) is 6.78. The molecule has 7 nitrogen and oxygen atoms in total. The van der Waals surface area contributed by atoms with Crippen molar-refractivity contribution in [2.24, 2.45) is 0 Å². The normalized spacial score (nSPS) is 32.3. The molecule has 2 aliphatic rings. The first kappa shape index (κ1) is 17.3. The van der Waals surface area contributed by atoms with E-state index in [-0.39, 0.29) is 0 Å². The Bertz CT molecular complexity index is 574. The van der Waals surface area contributed by atoms with E-state index in [4.69, 9.17) is 18.9 Å². The van der Waals surface area contributed by atoms with Crippen molar-refractivity contribution in [2.45, 2.75) is 56.9 Å². The Morgan fingerprint density at radius 2 is 2.00 bits per heavy atom. The monoisotopic (exact) mass is 338 g/mol. The van der Waals surface area contributed by atoms with Crippen LogP contribution in [-0.4, -0.2) is 54.7 Å². The van der Waals surface area contributed by atoms with E-state index in [2.05, 4.69) is 4.74 Å². The van der Waals surface area contributed by atoms with Crippen LogP contribution >= 0.6 is 0 Å². The van der Waals surface area contributed by atoms with Gasteiger partial charge in [0.15, 0.2) is 18.2 Å². The van der Waals surface area contributed by atoms with Crippen molar-refractivity contribution in [3.63, 3.8) is 0 Å². The molecule has 2 unspecified atom stereocenters. The summed E-state index contributed by atoms with van der Waals surface area (Å²) in [5, 5.41) is 10.2. The number of benzene rings is 1. The van der Waals surface area contributed by atoms with E-state index in [1.54, 1.807) is 13.8 Å². The number of aliphatic hydroxyl groups excluding tert-OH is 1. The highest BCUT2D eigenvalue weighted by Crippen LogP contribution is 2.40. The molecule has 1 N–H and O–H groups in total. The number of carbonyl (C=O) groups excluding carboxylic acids is 1. The Labute approximate surface area is 140 Å².